The summed E-state index contributed by atoms with van der Waals surface area (Å²) in [5.74, 6) is 4.84. The summed E-state index contributed by atoms with van der Waals surface area (Å²) < 4.78 is 5.01. The normalized spacial score (nSPS) is 11.7. The standard InChI is InChI=1S/C13H12N4O2/c14-15-9-11(13(18)12-7-4-8-19-12)17-16-10-5-2-1-3-6-10/h1-9,16H,14H2/b15-9?,17-11+. The third-order valence-corrected chi connectivity index (χ3v) is 2.25. The SMILES string of the molecule is NN=C/C(=N\Nc1ccccc1)C(=O)c1ccco1. The molecule has 0 amide bonds. The fourth-order valence-corrected chi connectivity index (χ4v) is 1.38. The Labute approximate surface area is 109 Å². The lowest BCUT2D eigenvalue weighted by Gasteiger charge is -2.01. The number of carbonyl (C=O) groups excluding carboxylic acids is 1. The molecule has 0 saturated carbocycles. The molecule has 2 rings (SSSR count). The second-order valence-corrected chi connectivity index (χ2v) is 3.56. The fourth-order valence-electron chi connectivity index (χ4n) is 1.38. The largest absolute Gasteiger partial charge is 0.461 e. The molecular formula is C13H12N4O2. The highest BCUT2D eigenvalue weighted by Gasteiger charge is 2.15. The number of nitrogens with two attached hydrogens (primary N) is 1. The van der Waals surface area contributed by atoms with Crippen LogP contribution in [0.1, 0.15) is 10.6 Å². The van der Waals surface area contributed by atoms with Gasteiger partial charge in [0.25, 0.3) is 0 Å². The van der Waals surface area contributed by atoms with E-state index >= 15 is 0 Å². The minimum atomic E-state index is -0.400. The zero-order valence-electron chi connectivity index (χ0n) is 9.98. The Morgan fingerprint density at radius 2 is 2.00 bits per heavy atom. The van der Waals surface area contributed by atoms with Crippen molar-refractivity contribution in [3.05, 3.63) is 54.5 Å². The molecule has 0 atom stereocenters. The lowest BCUT2D eigenvalue weighted by Crippen LogP contribution is -2.17. The van der Waals surface area contributed by atoms with Gasteiger partial charge in [-0.2, -0.15) is 10.2 Å². The Morgan fingerprint density at radius 1 is 1.21 bits per heavy atom. The average molecular weight is 256 g/mol. The summed E-state index contributed by atoms with van der Waals surface area (Å²) in [5, 5.41) is 7.29. The Hall–Kier alpha value is -2.89. The third kappa shape index (κ3) is 3.29. The number of anilines is 1. The van der Waals surface area contributed by atoms with E-state index in [9.17, 15) is 4.79 Å². The van der Waals surface area contributed by atoms with E-state index in [0.29, 0.717) is 0 Å². The van der Waals surface area contributed by atoms with Crippen LogP contribution in [0.3, 0.4) is 0 Å². The van der Waals surface area contributed by atoms with Crippen molar-refractivity contribution in [2.75, 3.05) is 5.43 Å². The molecule has 0 fully saturated rings. The first kappa shape index (κ1) is 12.6. The number of benzene rings is 1. The lowest BCUT2D eigenvalue weighted by molar-refractivity contribution is 0.104. The highest BCUT2D eigenvalue weighted by molar-refractivity contribution is 6.64. The molecule has 1 heterocycles. The van der Waals surface area contributed by atoms with Crippen molar-refractivity contribution in [3.63, 3.8) is 0 Å². The molecule has 96 valence electrons. The molecule has 0 aliphatic heterocycles. The van der Waals surface area contributed by atoms with Crippen LogP contribution in [-0.4, -0.2) is 17.7 Å². The monoisotopic (exact) mass is 256 g/mol. The maximum Gasteiger partial charge on any atom is 0.249 e. The molecule has 6 heteroatoms. The van der Waals surface area contributed by atoms with Crippen molar-refractivity contribution in [3.8, 4) is 0 Å². The van der Waals surface area contributed by atoms with E-state index in [0.717, 1.165) is 5.69 Å². The van der Waals surface area contributed by atoms with Gasteiger partial charge in [0.05, 0.1) is 18.2 Å². The van der Waals surface area contributed by atoms with Gasteiger partial charge in [-0.1, -0.05) is 18.2 Å². The maximum atomic E-state index is 12.0. The number of Topliss-reactive ketones (excluding diaryl/α,β-unsaturated/α-hetero) is 1. The number of hydrogen-bond donors (Lipinski definition) is 2. The first-order valence-corrected chi connectivity index (χ1v) is 5.51. The second-order valence-electron chi connectivity index (χ2n) is 3.56. The summed E-state index contributed by atoms with van der Waals surface area (Å²) in [7, 11) is 0. The number of nitrogens with zero attached hydrogens (tertiary/aromatic N) is 2. The molecular weight excluding hydrogens is 244 g/mol. The van der Waals surface area contributed by atoms with Gasteiger partial charge in [-0.3, -0.25) is 10.2 Å². The van der Waals surface area contributed by atoms with Gasteiger partial charge in [0.2, 0.25) is 5.78 Å². The summed E-state index contributed by atoms with van der Waals surface area (Å²) in [5.41, 5.74) is 3.56. The number of carbonyl (C=O) groups is 1. The Bertz CT molecular complexity index is 588. The molecule has 0 aliphatic rings. The smallest absolute Gasteiger partial charge is 0.249 e. The first-order chi connectivity index (χ1) is 9.31. The van der Waals surface area contributed by atoms with Gasteiger partial charge < -0.3 is 10.3 Å². The predicted molar refractivity (Wildman–Crippen MR) is 73.2 cm³/mol. The molecule has 0 saturated heterocycles. The molecule has 0 radical (unpaired) electrons. The van der Waals surface area contributed by atoms with Crippen LogP contribution in [0.5, 0.6) is 0 Å². The van der Waals surface area contributed by atoms with Gasteiger partial charge in [0.15, 0.2) is 11.5 Å². The number of furan rings is 1. The van der Waals surface area contributed by atoms with Crippen LogP contribution >= 0.6 is 0 Å². The van der Waals surface area contributed by atoms with E-state index in [-0.39, 0.29) is 11.5 Å². The van der Waals surface area contributed by atoms with Crippen molar-refractivity contribution in [2.24, 2.45) is 16.0 Å². The first-order valence-electron chi connectivity index (χ1n) is 5.51. The van der Waals surface area contributed by atoms with Crippen LogP contribution in [0, 0.1) is 0 Å². The van der Waals surface area contributed by atoms with Gasteiger partial charge in [0, 0.05) is 0 Å². The second kappa shape index (κ2) is 6.15. The molecule has 0 unspecified atom stereocenters. The van der Waals surface area contributed by atoms with Crippen LogP contribution in [0.4, 0.5) is 5.69 Å². The van der Waals surface area contributed by atoms with E-state index in [1.165, 1.54) is 12.5 Å². The van der Waals surface area contributed by atoms with Gasteiger partial charge in [-0.15, -0.1) is 0 Å². The number of ketones is 1. The van der Waals surface area contributed by atoms with Gasteiger partial charge in [-0.25, -0.2) is 0 Å². The van der Waals surface area contributed by atoms with Crippen molar-refractivity contribution in [1.82, 2.24) is 0 Å². The maximum absolute atomic E-state index is 12.0. The zero-order valence-corrected chi connectivity index (χ0v) is 9.98. The predicted octanol–water partition coefficient (Wildman–Crippen LogP) is 1.87. The molecule has 6 nitrogen and oxygen atoms in total. The van der Waals surface area contributed by atoms with Gasteiger partial charge in [-0.05, 0) is 24.3 Å². The number of para-hydroxylation sites is 1. The van der Waals surface area contributed by atoms with Crippen LogP contribution in [-0.2, 0) is 0 Å². The summed E-state index contributed by atoms with van der Waals surface area (Å²) >= 11 is 0. The minimum absolute atomic E-state index is 0.0568. The van der Waals surface area contributed by atoms with Crippen molar-refractivity contribution < 1.29 is 9.21 Å². The Balaban J connectivity index is 2.18. The number of nitrogens with one attached hydrogen (secondary N) is 1. The van der Waals surface area contributed by atoms with E-state index in [1.54, 1.807) is 12.1 Å². The van der Waals surface area contributed by atoms with E-state index < -0.39 is 5.78 Å². The Morgan fingerprint density at radius 3 is 2.63 bits per heavy atom. The van der Waals surface area contributed by atoms with E-state index in [2.05, 4.69) is 15.6 Å². The molecule has 3 N–H and O–H groups in total. The van der Waals surface area contributed by atoms with E-state index in [4.69, 9.17) is 10.3 Å². The minimum Gasteiger partial charge on any atom is -0.461 e. The van der Waals surface area contributed by atoms with Gasteiger partial charge in [0.1, 0.15) is 0 Å². The summed E-state index contributed by atoms with van der Waals surface area (Å²) in [6, 6.07) is 12.4. The topological polar surface area (TPSA) is 93.0 Å². The summed E-state index contributed by atoms with van der Waals surface area (Å²) in [6.07, 6.45) is 2.58. The highest BCUT2D eigenvalue weighted by Crippen LogP contribution is 2.06. The van der Waals surface area contributed by atoms with Crippen LogP contribution < -0.4 is 11.3 Å². The lowest BCUT2D eigenvalue weighted by atomic mass is 10.2. The fraction of sp³-hybridized carbons (Fsp3) is 0. The molecule has 1 aromatic heterocycles. The van der Waals surface area contributed by atoms with Crippen molar-refractivity contribution in [2.45, 2.75) is 0 Å². The quantitative estimate of drug-likeness (QED) is 0.369. The average Bonchev–Trinajstić information content (AvgIpc) is 2.98. The van der Waals surface area contributed by atoms with E-state index in [1.807, 2.05) is 30.3 Å². The van der Waals surface area contributed by atoms with Gasteiger partial charge >= 0.3 is 0 Å². The highest BCUT2D eigenvalue weighted by atomic mass is 16.3. The van der Waals surface area contributed by atoms with Crippen LogP contribution in [0.2, 0.25) is 0 Å². The number of rotatable bonds is 5. The number of hydrogen-bond acceptors (Lipinski definition) is 6. The number of hydrazone groups is 2. The Kier molecular flexibility index (Phi) is 4.07. The molecule has 19 heavy (non-hydrogen) atoms. The molecule has 2 aromatic rings. The molecule has 0 bridgehead atoms. The summed E-state index contributed by atoms with van der Waals surface area (Å²) in [4.78, 5) is 12.0. The summed E-state index contributed by atoms with van der Waals surface area (Å²) in [6.45, 7) is 0. The molecule has 0 aliphatic carbocycles. The van der Waals surface area contributed by atoms with Crippen molar-refractivity contribution in [1.29, 1.82) is 0 Å². The molecule has 1 aromatic carbocycles. The van der Waals surface area contributed by atoms with Crippen LogP contribution in [0.15, 0.2) is 63.3 Å². The molecule has 0 spiro atoms. The zero-order chi connectivity index (χ0) is 13.5. The van der Waals surface area contributed by atoms with Crippen molar-refractivity contribution >= 4 is 23.4 Å². The third-order valence-electron chi connectivity index (χ3n) is 2.25. The van der Waals surface area contributed by atoms with Crippen LogP contribution in [0.25, 0.3) is 0 Å².